The van der Waals surface area contributed by atoms with E-state index in [0.29, 0.717) is 23.0 Å². The summed E-state index contributed by atoms with van der Waals surface area (Å²) in [6.07, 6.45) is 2.43. The number of halogens is 1. The molecule has 0 aliphatic carbocycles. The molecule has 1 aliphatic heterocycles. The lowest BCUT2D eigenvalue weighted by molar-refractivity contribution is 0.0778. The van der Waals surface area contributed by atoms with Crippen LogP contribution in [0.3, 0.4) is 0 Å². The van der Waals surface area contributed by atoms with Crippen molar-refractivity contribution >= 4 is 23.2 Å². The monoisotopic (exact) mass is 409 g/mol. The van der Waals surface area contributed by atoms with Gasteiger partial charge in [0, 0.05) is 37.4 Å². The Morgan fingerprint density at radius 3 is 2.66 bits per heavy atom. The highest BCUT2D eigenvalue weighted by atomic mass is 35.5. The van der Waals surface area contributed by atoms with Gasteiger partial charge in [-0.25, -0.2) is 4.68 Å². The number of anilines is 1. The van der Waals surface area contributed by atoms with E-state index in [4.69, 9.17) is 11.6 Å². The number of benzene rings is 2. The normalized spacial score (nSPS) is 13.7. The number of carbonyl (C=O) groups excluding carboxylic acids is 1. The number of hydrogen-bond acceptors (Lipinski definition) is 4. The zero-order valence-corrected chi connectivity index (χ0v) is 17.4. The summed E-state index contributed by atoms with van der Waals surface area (Å²) >= 11 is 6.09. The van der Waals surface area contributed by atoms with E-state index in [1.165, 1.54) is 18.5 Å². The molecular formula is C22H24ClN5O. The van der Waals surface area contributed by atoms with E-state index >= 15 is 0 Å². The summed E-state index contributed by atoms with van der Waals surface area (Å²) in [6.45, 7) is 4.51. The lowest BCUT2D eigenvalue weighted by Crippen LogP contribution is -2.28. The molecule has 2 aromatic carbocycles. The largest absolute Gasteiger partial charge is 0.371 e. The molecule has 4 rings (SSSR count). The zero-order chi connectivity index (χ0) is 20.4. The van der Waals surface area contributed by atoms with E-state index < -0.39 is 0 Å². The first-order valence-corrected chi connectivity index (χ1v) is 10.2. The molecule has 1 saturated heterocycles. The van der Waals surface area contributed by atoms with E-state index in [-0.39, 0.29) is 5.91 Å². The molecule has 3 aromatic rings. The Balaban J connectivity index is 1.55. The summed E-state index contributed by atoms with van der Waals surface area (Å²) in [5, 5.41) is 8.93. The highest BCUT2D eigenvalue weighted by molar-refractivity contribution is 6.30. The van der Waals surface area contributed by atoms with Gasteiger partial charge in [0.15, 0.2) is 5.69 Å². The first kappa shape index (κ1) is 19.5. The summed E-state index contributed by atoms with van der Waals surface area (Å²) in [4.78, 5) is 17.2. The molecule has 0 saturated carbocycles. The molecule has 2 heterocycles. The second-order valence-electron chi connectivity index (χ2n) is 7.40. The minimum absolute atomic E-state index is 0.146. The number of nitrogens with zero attached hydrogens (tertiary/aromatic N) is 5. The maximum absolute atomic E-state index is 13.1. The lowest BCUT2D eigenvalue weighted by Gasteiger charge is -2.24. The lowest BCUT2D eigenvalue weighted by atomic mass is 10.1. The van der Waals surface area contributed by atoms with Crippen LogP contribution in [0, 0.1) is 6.92 Å². The van der Waals surface area contributed by atoms with Crippen LogP contribution in [0.15, 0.2) is 48.5 Å². The molecule has 0 spiro atoms. The van der Waals surface area contributed by atoms with Gasteiger partial charge in [-0.2, -0.15) is 0 Å². The van der Waals surface area contributed by atoms with Crippen molar-refractivity contribution in [2.45, 2.75) is 26.3 Å². The first-order chi connectivity index (χ1) is 14.0. The molecule has 0 radical (unpaired) electrons. The van der Waals surface area contributed by atoms with Crippen LogP contribution in [0.4, 0.5) is 5.69 Å². The van der Waals surface area contributed by atoms with Crippen molar-refractivity contribution in [3.8, 4) is 5.69 Å². The van der Waals surface area contributed by atoms with Crippen LogP contribution in [0.2, 0.25) is 5.02 Å². The summed E-state index contributed by atoms with van der Waals surface area (Å²) < 4.78 is 1.64. The zero-order valence-electron chi connectivity index (χ0n) is 16.7. The van der Waals surface area contributed by atoms with Crippen LogP contribution >= 0.6 is 11.6 Å². The van der Waals surface area contributed by atoms with Crippen molar-refractivity contribution < 1.29 is 4.79 Å². The van der Waals surface area contributed by atoms with Gasteiger partial charge in [-0.3, -0.25) is 4.79 Å². The Hall–Kier alpha value is -2.86. The smallest absolute Gasteiger partial charge is 0.276 e. The molecule has 0 bridgehead atoms. The topological polar surface area (TPSA) is 54.3 Å². The summed E-state index contributed by atoms with van der Waals surface area (Å²) in [5.41, 5.74) is 4.18. The fraction of sp³-hybridized carbons (Fsp3) is 0.318. The van der Waals surface area contributed by atoms with Gasteiger partial charge in [-0.05, 0) is 49.6 Å². The molecule has 6 nitrogen and oxygen atoms in total. The third-order valence-corrected chi connectivity index (χ3v) is 5.58. The molecular weight excluding hydrogens is 386 g/mol. The summed E-state index contributed by atoms with van der Waals surface area (Å²) in [6, 6.07) is 15.6. The van der Waals surface area contributed by atoms with E-state index in [9.17, 15) is 4.79 Å². The molecule has 1 aromatic heterocycles. The Morgan fingerprint density at radius 1 is 1.14 bits per heavy atom. The molecule has 7 heteroatoms. The van der Waals surface area contributed by atoms with Crippen LogP contribution in [0.5, 0.6) is 0 Å². The maximum atomic E-state index is 13.1. The van der Waals surface area contributed by atoms with E-state index in [1.807, 2.05) is 25.1 Å². The molecule has 1 amide bonds. The second kappa shape index (κ2) is 8.25. The number of hydrogen-bond donors (Lipinski definition) is 0. The van der Waals surface area contributed by atoms with Gasteiger partial charge < -0.3 is 9.80 Å². The molecule has 1 fully saturated rings. The van der Waals surface area contributed by atoms with Gasteiger partial charge in [0.25, 0.3) is 5.91 Å². The van der Waals surface area contributed by atoms with Crippen molar-refractivity contribution in [1.82, 2.24) is 19.9 Å². The molecule has 1 aliphatic rings. The van der Waals surface area contributed by atoms with Gasteiger partial charge in [0.05, 0.1) is 11.4 Å². The van der Waals surface area contributed by atoms with Gasteiger partial charge in [0.2, 0.25) is 0 Å². The van der Waals surface area contributed by atoms with Crippen LogP contribution < -0.4 is 4.90 Å². The number of carbonyl (C=O) groups is 1. The fourth-order valence-electron chi connectivity index (χ4n) is 3.80. The molecule has 0 unspecified atom stereocenters. The van der Waals surface area contributed by atoms with Crippen molar-refractivity contribution in [2.75, 3.05) is 25.0 Å². The standard InChI is InChI=1S/C22H24ClN5O/c1-16-21(24-25-28(16)19-10-7-9-18(23)14-19)22(29)26(2)15-17-8-3-4-11-20(17)27-12-5-6-13-27/h3-4,7-11,14H,5-6,12-13,15H2,1-2H3. The maximum Gasteiger partial charge on any atom is 0.276 e. The Bertz CT molecular complexity index is 1030. The average Bonchev–Trinajstić information content (AvgIpc) is 3.38. The molecule has 29 heavy (non-hydrogen) atoms. The number of aromatic nitrogens is 3. The third-order valence-electron chi connectivity index (χ3n) is 5.34. The molecule has 0 atom stereocenters. The van der Waals surface area contributed by atoms with Crippen LogP contribution in [0.1, 0.15) is 34.6 Å². The Kier molecular flexibility index (Phi) is 5.53. The highest BCUT2D eigenvalue weighted by Crippen LogP contribution is 2.26. The van der Waals surface area contributed by atoms with Crippen molar-refractivity contribution in [2.24, 2.45) is 0 Å². The van der Waals surface area contributed by atoms with Crippen molar-refractivity contribution in [3.63, 3.8) is 0 Å². The molecule has 0 N–H and O–H groups in total. The SMILES string of the molecule is Cc1c(C(=O)N(C)Cc2ccccc2N2CCCC2)nnn1-c1cccc(Cl)c1. The average molecular weight is 410 g/mol. The minimum Gasteiger partial charge on any atom is -0.371 e. The summed E-state index contributed by atoms with van der Waals surface area (Å²) in [7, 11) is 1.81. The Labute approximate surface area is 175 Å². The number of para-hydroxylation sites is 1. The quantitative estimate of drug-likeness (QED) is 0.636. The van der Waals surface area contributed by atoms with Gasteiger partial charge in [-0.1, -0.05) is 41.1 Å². The fourth-order valence-corrected chi connectivity index (χ4v) is 3.98. The predicted octanol–water partition coefficient (Wildman–Crippen LogP) is 4.10. The molecule has 150 valence electrons. The van der Waals surface area contributed by atoms with Crippen LogP contribution in [-0.4, -0.2) is 45.9 Å². The van der Waals surface area contributed by atoms with Gasteiger partial charge in [0.1, 0.15) is 0 Å². The van der Waals surface area contributed by atoms with E-state index in [1.54, 1.807) is 28.8 Å². The van der Waals surface area contributed by atoms with E-state index in [2.05, 4.69) is 33.4 Å². The predicted molar refractivity (Wildman–Crippen MR) is 115 cm³/mol. The third kappa shape index (κ3) is 3.98. The number of rotatable bonds is 5. The van der Waals surface area contributed by atoms with Crippen LogP contribution in [0.25, 0.3) is 5.69 Å². The van der Waals surface area contributed by atoms with Crippen molar-refractivity contribution in [1.29, 1.82) is 0 Å². The Morgan fingerprint density at radius 2 is 1.90 bits per heavy atom. The number of amides is 1. The van der Waals surface area contributed by atoms with Crippen molar-refractivity contribution in [3.05, 3.63) is 70.5 Å². The first-order valence-electron chi connectivity index (χ1n) is 9.81. The minimum atomic E-state index is -0.146. The highest BCUT2D eigenvalue weighted by Gasteiger charge is 2.23. The van der Waals surface area contributed by atoms with Crippen LogP contribution in [-0.2, 0) is 6.54 Å². The van der Waals surface area contributed by atoms with E-state index in [0.717, 1.165) is 24.3 Å². The second-order valence-corrected chi connectivity index (χ2v) is 7.84. The van der Waals surface area contributed by atoms with Gasteiger partial charge >= 0.3 is 0 Å². The van der Waals surface area contributed by atoms with Gasteiger partial charge in [-0.15, -0.1) is 5.10 Å². The summed E-state index contributed by atoms with van der Waals surface area (Å²) in [5.74, 6) is -0.146.